The van der Waals surface area contributed by atoms with Crippen molar-refractivity contribution in [2.45, 2.75) is 13.3 Å². The van der Waals surface area contributed by atoms with Gasteiger partial charge >= 0.3 is 0 Å². The van der Waals surface area contributed by atoms with Crippen molar-refractivity contribution in [2.24, 2.45) is 0 Å². The Morgan fingerprint density at radius 3 is 2.62 bits per heavy atom. The zero-order chi connectivity index (χ0) is 18.5. The molecular weight excluding hydrogens is 350 g/mol. The molecule has 6 heteroatoms. The van der Waals surface area contributed by atoms with E-state index >= 15 is 0 Å². The minimum absolute atomic E-state index is 0.0110. The number of para-hydroxylation sites is 2. The molecule has 0 saturated carbocycles. The number of hydrogen-bond acceptors (Lipinski definition) is 2. The third kappa shape index (κ3) is 4.24. The summed E-state index contributed by atoms with van der Waals surface area (Å²) < 4.78 is 0. The van der Waals surface area contributed by atoms with E-state index in [-0.39, 0.29) is 18.4 Å². The van der Waals surface area contributed by atoms with Crippen molar-refractivity contribution in [3.05, 3.63) is 65.3 Å². The maximum Gasteiger partial charge on any atom is 0.244 e. The molecule has 0 atom stereocenters. The second-order valence-corrected chi connectivity index (χ2v) is 6.49. The van der Waals surface area contributed by atoms with E-state index < -0.39 is 0 Å². The lowest BCUT2D eigenvalue weighted by molar-refractivity contribution is -0.132. The van der Waals surface area contributed by atoms with Gasteiger partial charge in [-0.05, 0) is 30.2 Å². The van der Waals surface area contributed by atoms with Crippen LogP contribution in [-0.2, 0) is 16.0 Å². The highest BCUT2D eigenvalue weighted by molar-refractivity contribution is 6.33. The lowest BCUT2D eigenvalue weighted by atomic mass is 10.1. The fraction of sp³-hybridized carbons (Fsp3) is 0.200. The number of halogens is 1. The predicted octanol–water partition coefficient (Wildman–Crippen LogP) is 3.85. The molecule has 2 aromatic carbocycles. The molecule has 0 radical (unpaired) electrons. The zero-order valence-corrected chi connectivity index (χ0v) is 15.2. The number of hydrogen-bond donors (Lipinski definition) is 2. The largest absolute Gasteiger partial charge is 0.361 e. The fourth-order valence-corrected chi connectivity index (χ4v) is 3.05. The van der Waals surface area contributed by atoms with Crippen LogP contribution in [0.15, 0.2) is 54.7 Å². The lowest BCUT2D eigenvalue weighted by Crippen LogP contribution is -2.38. The normalized spacial score (nSPS) is 10.7. The Hall–Kier alpha value is -2.79. The summed E-state index contributed by atoms with van der Waals surface area (Å²) in [6.07, 6.45) is 2.62. The number of nitrogens with zero attached hydrogens (tertiary/aromatic N) is 1. The number of amides is 2. The summed E-state index contributed by atoms with van der Waals surface area (Å²) in [5.74, 6) is -0.411. The molecule has 134 valence electrons. The lowest BCUT2D eigenvalue weighted by Gasteiger charge is -2.20. The topological polar surface area (TPSA) is 65.2 Å². The molecule has 0 aliphatic heterocycles. The van der Waals surface area contributed by atoms with E-state index in [2.05, 4.69) is 10.3 Å². The summed E-state index contributed by atoms with van der Waals surface area (Å²) in [4.78, 5) is 29.0. The molecule has 1 aromatic heterocycles. The van der Waals surface area contributed by atoms with Gasteiger partial charge < -0.3 is 15.2 Å². The van der Waals surface area contributed by atoms with Crippen LogP contribution in [0.4, 0.5) is 5.69 Å². The molecule has 0 spiro atoms. The van der Waals surface area contributed by atoms with Crippen LogP contribution in [0, 0.1) is 0 Å². The van der Waals surface area contributed by atoms with Crippen molar-refractivity contribution >= 4 is 40.0 Å². The number of fused-ring (bicyclic) bond motifs is 1. The van der Waals surface area contributed by atoms with Gasteiger partial charge in [0.2, 0.25) is 11.8 Å². The van der Waals surface area contributed by atoms with Crippen molar-refractivity contribution in [1.29, 1.82) is 0 Å². The highest BCUT2D eigenvalue weighted by Gasteiger charge is 2.15. The molecule has 3 aromatic rings. The summed E-state index contributed by atoms with van der Waals surface area (Å²) in [5, 5.41) is 4.35. The van der Waals surface area contributed by atoms with Crippen molar-refractivity contribution in [3.8, 4) is 0 Å². The number of nitrogens with one attached hydrogen (secondary N) is 2. The molecule has 26 heavy (non-hydrogen) atoms. The van der Waals surface area contributed by atoms with Gasteiger partial charge in [-0.1, -0.05) is 41.9 Å². The molecule has 0 aliphatic carbocycles. The third-order valence-electron chi connectivity index (χ3n) is 4.25. The minimum Gasteiger partial charge on any atom is -0.361 e. The third-order valence-corrected chi connectivity index (χ3v) is 4.58. The van der Waals surface area contributed by atoms with Gasteiger partial charge in [-0.3, -0.25) is 9.59 Å². The second-order valence-electron chi connectivity index (χ2n) is 6.08. The van der Waals surface area contributed by atoms with Gasteiger partial charge in [0.25, 0.3) is 0 Å². The maximum absolute atomic E-state index is 12.3. The molecule has 0 unspecified atom stereocenters. The first kappa shape index (κ1) is 18.0. The predicted molar refractivity (Wildman–Crippen MR) is 104 cm³/mol. The highest BCUT2D eigenvalue weighted by Crippen LogP contribution is 2.21. The van der Waals surface area contributed by atoms with Crippen molar-refractivity contribution in [2.75, 3.05) is 18.4 Å². The monoisotopic (exact) mass is 369 g/mol. The molecule has 3 rings (SSSR count). The maximum atomic E-state index is 12.3. The van der Waals surface area contributed by atoms with E-state index in [0.717, 1.165) is 16.5 Å². The fourth-order valence-electron chi connectivity index (χ4n) is 2.87. The quantitative estimate of drug-likeness (QED) is 0.693. The first-order chi connectivity index (χ1) is 12.5. The number of aromatic amines is 1. The molecule has 0 fully saturated rings. The molecule has 0 aliphatic rings. The molecule has 1 heterocycles. The van der Waals surface area contributed by atoms with Crippen LogP contribution in [-0.4, -0.2) is 34.8 Å². The Morgan fingerprint density at radius 2 is 1.85 bits per heavy atom. The molecular formula is C20H20ClN3O2. The average molecular weight is 370 g/mol. The first-order valence-corrected chi connectivity index (χ1v) is 8.77. The van der Waals surface area contributed by atoms with Crippen LogP contribution in [0.25, 0.3) is 10.9 Å². The molecule has 5 nitrogen and oxygen atoms in total. The molecule has 0 bridgehead atoms. The second kappa shape index (κ2) is 8.06. The van der Waals surface area contributed by atoms with Gasteiger partial charge in [-0.2, -0.15) is 0 Å². The highest BCUT2D eigenvalue weighted by atomic mass is 35.5. The summed E-state index contributed by atoms with van der Waals surface area (Å²) >= 11 is 6.05. The van der Waals surface area contributed by atoms with Crippen LogP contribution in [0.1, 0.15) is 12.5 Å². The van der Waals surface area contributed by atoms with E-state index in [4.69, 9.17) is 11.6 Å². The number of anilines is 1. The number of benzene rings is 2. The summed E-state index contributed by atoms with van der Waals surface area (Å²) in [6, 6.07) is 15.0. The Morgan fingerprint density at radius 1 is 1.12 bits per heavy atom. The summed E-state index contributed by atoms with van der Waals surface area (Å²) in [7, 11) is 0. The van der Waals surface area contributed by atoms with Crippen LogP contribution in [0.5, 0.6) is 0 Å². The number of rotatable bonds is 6. The van der Waals surface area contributed by atoms with Crippen LogP contribution in [0.3, 0.4) is 0 Å². The van der Waals surface area contributed by atoms with E-state index in [0.29, 0.717) is 23.7 Å². The standard InChI is InChI=1S/C20H20ClN3O2/c1-14(25)24(13-20(26)23-19-9-5-3-7-17(19)21)11-10-15-12-22-18-8-4-2-6-16(15)18/h2-9,12,22H,10-11,13H2,1H3,(H,23,26). The molecule has 0 saturated heterocycles. The number of carbonyl (C=O) groups is 2. The first-order valence-electron chi connectivity index (χ1n) is 8.39. The van der Waals surface area contributed by atoms with Crippen molar-refractivity contribution in [1.82, 2.24) is 9.88 Å². The Labute approximate surface area is 157 Å². The van der Waals surface area contributed by atoms with Gasteiger partial charge in [0.1, 0.15) is 0 Å². The van der Waals surface area contributed by atoms with Gasteiger partial charge in [-0.25, -0.2) is 0 Å². The number of H-pyrrole nitrogens is 1. The minimum atomic E-state index is -0.271. The Kier molecular flexibility index (Phi) is 5.58. The van der Waals surface area contributed by atoms with E-state index in [1.54, 1.807) is 24.3 Å². The number of aromatic nitrogens is 1. The van der Waals surface area contributed by atoms with Crippen molar-refractivity contribution < 1.29 is 9.59 Å². The summed E-state index contributed by atoms with van der Waals surface area (Å²) in [6.45, 7) is 1.92. The van der Waals surface area contributed by atoms with E-state index in [9.17, 15) is 9.59 Å². The van der Waals surface area contributed by atoms with Gasteiger partial charge in [0.05, 0.1) is 17.3 Å². The smallest absolute Gasteiger partial charge is 0.244 e. The van der Waals surface area contributed by atoms with Crippen molar-refractivity contribution in [3.63, 3.8) is 0 Å². The summed E-state index contributed by atoms with van der Waals surface area (Å²) in [5.41, 5.74) is 2.73. The van der Waals surface area contributed by atoms with Crippen LogP contribution in [0.2, 0.25) is 5.02 Å². The zero-order valence-electron chi connectivity index (χ0n) is 14.5. The van der Waals surface area contributed by atoms with Gasteiger partial charge in [-0.15, -0.1) is 0 Å². The van der Waals surface area contributed by atoms with E-state index in [1.165, 1.54) is 11.8 Å². The molecule has 2 N–H and O–H groups in total. The van der Waals surface area contributed by atoms with Crippen LogP contribution >= 0.6 is 11.6 Å². The Balaban J connectivity index is 1.63. The van der Waals surface area contributed by atoms with Gasteiger partial charge in [0.15, 0.2) is 0 Å². The number of carbonyl (C=O) groups excluding carboxylic acids is 2. The Bertz CT molecular complexity index is 935. The SMILES string of the molecule is CC(=O)N(CCc1c[nH]c2ccccc12)CC(=O)Nc1ccccc1Cl. The van der Waals surface area contributed by atoms with E-state index in [1.807, 2.05) is 30.5 Å². The molecule has 2 amide bonds. The van der Waals surface area contributed by atoms with Gasteiger partial charge in [0, 0.05) is 30.6 Å². The van der Waals surface area contributed by atoms with Crippen LogP contribution < -0.4 is 5.32 Å². The average Bonchev–Trinajstić information content (AvgIpc) is 3.03.